The lowest BCUT2D eigenvalue weighted by atomic mass is 10.3. The molecule has 0 fully saturated rings. The molecule has 60 valence electrons. The summed E-state index contributed by atoms with van der Waals surface area (Å²) in [7, 11) is 0. The minimum absolute atomic E-state index is 0.220. The second-order valence-corrected chi connectivity index (χ2v) is 3.07. The molecule has 1 aromatic heterocycles. The molecule has 0 saturated carbocycles. The van der Waals surface area contributed by atoms with Crippen LogP contribution in [0.2, 0.25) is 0 Å². The SMILES string of the molecule is Cc1ncsc1C/C(N)=N/O. The Morgan fingerprint density at radius 3 is 3.09 bits per heavy atom. The fourth-order valence-corrected chi connectivity index (χ4v) is 1.49. The van der Waals surface area contributed by atoms with E-state index >= 15 is 0 Å². The van der Waals surface area contributed by atoms with Crippen molar-refractivity contribution < 1.29 is 5.21 Å². The van der Waals surface area contributed by atoms with Gasteiger partial charge in [0.25, 0.3) is 0 Å². The summed E-state index contributed by atoms with van der Waals surface area (Å²) in [6.45, 7) is 1.90. The minimum atomic E-state index is 0.220. The first kappa shape index (κ1) is 8.00. The number of rotatable bonds is 2. The number of nitrogens with two attached hydrogens (primary N) is 1. The molecule has 0 aliphatic heterocycles. The molecule has 0 saturated heterocycles. The van der Waals surface area contributed by atoms with Crippen LogP contribution in [0.5, 0.6) is 0 Å². The summed E-state index contributed by atoms with van der Waals surface area (Å²) in [5.74, 6) is 0.220. The number of oxime groups is 1. The van der Waals surface area contributed by atoms with E-state index in [-0.39, 0.29) is 5.84 Å². The predicted molar refractivity (Wildman–Crippen MR) is 44.0 cm³/mol. The van der Waals surface area contributed by atoms with Crippen LogP contribution >= 0.6 is 11.3 Å². The van der Waals surface area contributed by atoms with E-state index in [4.69, 9.17) is 10.9 Å². The normalized spacial score (nSPS) is 11.9. The number of aromatic nitrogens is 1. The van der Waals surface area contributed by atoms with Gasteiger partial charge >= 0.3 is 0 Å². The molecule has 0 spiro atoms. The standard InChI is InChI=1S/C6H9N3OS/c1-4-5(11-3-8-4)2-6(7)9-10/h3,10H,2H2,1H3,(H2,7,9). The van der Waals surface area contributed by atoms with Crippen LogP contribution in [-0.2, 0) is 6.42 Å². The second-order valence-electron chi connectivity index (χ2n) is 2.13. The number of aryl methyl sites for hydroxylation is 1. The average Bonchev–Trinajstić information content (AvgIpc) is 2.37. The quantitative estimate of drug-likeness (QED) is 0.298. The number of amidine groups is 1. The van der Waals surface area contributed by atoms with Gasteiger partial charge in [-0.1, -0.05) is 5.16 Å². The summed E-state index contributed by atoms with van der Waals surface area (Å²) in [5.41, 5.74) is 8.00. The fraction of sp³-hybridized carbons (Fsp3) is 0.333. The molecule has 1 rings (SSSR count). The lowest BCUT2D eigenvalue weighted by Crippen LogP contribution is -2.14. The van der Waals surface area contributed by atoms with Crippen molar-refractivity contribution in [1.82, 2.24) is 4.98 Å². The van der Waals surface area contributed by atoms with Crippen molar-refractivity contribution in [3.8, 4) is 0 Å². The van der Waals surface area contributed by atoms with Crippen LogP contribution < -0.4 is 5.73 Å². The molecule has 3 N–H and O–H groups in total. The van der Waals surface area contributed by atoms with Gasteiger partial charge in [-0.05, 0) is 6.92 Å². The maximum atomic E-state index is 8.27. The van der Waals surface area contributed by atoms with E-state index in [2.05, 4.69) is 10.1 Å². The third kappa shape index (κ3) is 1.91. The van der Waals surface area contributed by atoms with Crippen LogP contribution in [0.25, 0.3) is 0 Å². The Labute approximate surface area is 68.4 Å². The van der Waals surface area contributed by atoms with Gasteiger partial charge in [0.05, 0.1) is 11.2 Å². The molecule has 5 heteroatoms. The summed E-state index contributed by atoms with van der Waals surface area (Å²) < 4.78 is 0. The van der Waals surface area contributed by atoms with Crippen molar-refractivity contribution in [2.24, 2.45) is 10.9 Å². The van der Waals surface area contributed by atoms with E-state index in [0.29, 0.717) is 6.42 Å². The van der Waals surface area contributed by atoms with Gasteiger partial charge in [0, 0.05) is 11.3 Å². The molecule has 0 radical (unpaired) electrons. The van der Waals surface area contributed by atoms with Gasteiger partial charge in [-0.3, -0.25) is 0 Å². The molecule has 1 aromatic rings. The van der Waals surface area contributed by atoms with Gasteiger partial charge in [0.1, 0.15) is 5.84 Å². The van der Waals surface area contributed by atoms with Gasteiger partial charge in [0.2, 0.25) is 0 Å². The Hall–Kier alpha value is -1.10. The lowest BCUT2D eigenvalue weighted by molar-refractivity contribution is 0.317. The summed E-state index contributed by atoms with van der Waals surface area (Å²) in [4.78, 5) is 5.07. The van der Waals surface area contributed by atoms with Crippen LogP contribution in [-0.4, -0.2) is 16.0 Å². The van der Waals surface area contributed by atoms with Gasteiger partial charge < -0.3 is 10.9 Å². The molecular weight excluding hydrogens is 162 g/mol. The van der Waals surface area contributed by atoms with Crippen LogP contribution in [0.1, 0.15) is 10.6 Å². The van der Waals surface area contributed by atoms with Crippen molar-refractivity contribution in [2.45, 2.75) is 13.3 Å². The zero-order valence-corrected chi connectivity index (χ0v) is 6.93. The van der Waals surface area contributed by atoms with Crippen LogP contribution in [0.4, 0.5) is 0 Å². The third-order valence-corrected chi connectivity index (χ3v) is 2.25. The molecule has 0 aromatic carbocycles. The summed E-state index contributed by atoms with van der Waals surface area (Å²) in [6, 6.07) is 0. The zero-order chi connectivity index (χ0) is 8.27. The van der Waals surface area contributed by atoms with Crippen molar-refractivity contribution in [3.63, 3.8) is 0 Å². The summed E-state index contributed by atoms with van der Waals surface area (Å²) in [6.07, 6.45) is 0.479. The maximum Gasteiger partial charge on any atom is 0.144 e. The van der Waals surface area contributed by atoms with Crippen molar-refractivity contribution in [3.05, 3.63) is 16.1 Å². The van der Waals surface area contributed by atoms with E-state index in [1.165, 1.54) is 11.3 Å². The van der Waals surface area contributed by atoms with E-state index in [9.17, 15) is 0 Å². The first-order chi connectivity index (χ1) is 5.24. The Bertz CT molecular complexity index is 269. The van der Waals surface area contributed by atoms with Gasteiger partial charge in [-0.15, -0.1) is 11.3 Å². The molecule has 0 atom stereocenters. The highest BCUT2D eigenvalue weighted by atomic mass is 32.1. The highest BCUT2D eigenvalue weighted by molar-refractivity contribution is 7.09. The fourth-order valence-electron chi connectivity index (χ4n) is 0.696. The molecule has 0 amide bonds. The smallest absolute Gasteiger partial charge is 0.144 e. The van der Waals surface area contributed by atoms with Gasteiger partial charge in [-0.2, -0.15) is 0 Å². The Kier molecular flexibility index (Phi) is 2.43. The molecule has 0 unspecified atom stereocenters. The van der Waals surface area contributed by atoms with Gasteiger partial charge in [0.15, 0.2) is 0 Å². The van der Waals surface area contributed by atoms with Crippen molar-refractivity contribution in [1.29, 1.82) is 0 Å². The second kappa shape index (κ2) is 3.34. The van der Waals surface area contributed by atoms with Crippen LogP contribution in [0.15, 0.2) is 10.7 Å². The topological polar surface area (TPSA) is 71.5 Å². The number of thiazole rings is 1. The predicted octanol–water partition coefficient (Wildman–Crippen LogP) is 0.740. The Morgan fingerprint density at radius 2 is 2.64 bits per heavy atom. The maximum absolute atomic E-state index is 8.27. The molecule has 1 heterocycles. The summed E-state index contributed by atoms with van der Waals surface area (Å²) in [5, 5.41) is 11.1. The molecule has 0 aliphatic carbocycles. The first-order valence-electron chi connectivity index (χ1n) is 3.09. The number of hydrogen-bond acceptors (Lipinski definition) is 4. The monoisotopic (exact) mass is 171 g/mol. The zero-order valence-electron chi connectivity index (χ0n) is 6.11. The van der Waals surface area contributed by atoms with Crippen molar-refractivity contribution in [2.75, 3.05) is 0 Å². The van der Waals surface area contributed by atoms with E-state index < -0.39 is 0 Å². The number of nitrogens with zero attached hydrogens (tertiary/aromatic N) is 2. The van der Waals surface area contributed by atoms with E-state index in [0.717, 1.165) is 10.6 Å². The third-order valence-electron chi connectivity index (χ3n) is 1.31. The van der Waals surface area contributed by atoms with Gasteiger partial charge in [-0.25, -0.2) is 4.98 Å². The molecule has 4 nitrogen and oxygen atoms in total. The molecule has 11 heavy (non-hydrogen) atoms. The van der Waals surface area contributed by atoms with Crippen molar-refractivity contribution >= 4 is 17.2 Å². The van der Waals surface area contributed by atoms with E-state index in [1.807, 2.05) is 6.92 Å². The summed E-state index contributed by atoms with van der Waals surface area (Å²) >= 11 is 1.51. The number of hydrogen-bond donors (Lipinski definition) is 2. The Balaban J connectivity index is 2.72. The molecule has 0 aliphatic rings. The highest BCUT2D eigenvalue weighted by Crippen LogP contribution is 2.12. The van der Waals surface area contributed by atoms with Crippen LogP contribution in [0, 0.1) is 6.92 Å². The molecule has 0 bridgehead atoms. The lowest BCUT2D eigenvalue weighted by Gasteiger charge is -1.94. The largest absolute Gasteiger partial charge is 0.409 e. The van der Waals surface area contributed by atoms with Crippen LogP contribution in [0.3, 0.4) is 0 Å². The molecular formula is C6H9N3OS. The first-order valence-corrected chi connectivity index (χ1v) is 3.97. The average molecular weight is 171 g/mol. The Morgan fingerprint density at radius 1 is 1.91 bits per heavy atom. The van der Waals surface area contributed by atoms with E-state index in [1.54, 1.807) is 5.51 Å². The minimum Gasteiger partial charge on any atom is -0.409 e. The highest BCUT2D eigenvalue weighted by Gasteiger charge is 2.02.